The molecule has 0 aliphatic carbocycles. The Bertz CT molecular complexity index is 330. The van der Waals surface area contributed by atoms with E-state index in [4.69, 9.17) is 0 Å². The zero-order chi connectivity index (χ0) is 13.2. The number of nitrogens with zero attached hydrogens (tertiary/aromatic N) is 2. The molecular formula is C15H24N2O. The Morgan fingerprint density at radius 1 is 1.17 bits per heavy atom. The highest BCUT2D eigenvalue weighted by Gasteiger charge is 2.13. The minimum absolute atomic E-state index is 0.204. The summed E-state index contributed by atoms with van der Waals surface area (Å²) in [6, 6.07) is 5.72. The first kappa shape index (κ1) is 14.7. The Balaban J connectivity index is 2.52. The van der Waals surface area contributed by atoms with Gasteiger partial charge >= 0.3 is 0 Å². The summed E-state index contributed by atoms with van der Waals surface area (Å²) < 4.78 is 0. The monoisotopic (exact) mass is 248 g/mol. The summed E-state index contributed by atoms with van der Waals surface area (Å²) in [7, 11) is 0. The number of carbonyl (C=O) groups is 1. The number of aromatic nitrogens is 1. The second-order valence-electron chi connectivity index (χ2n) is 4.59. The summed E-state index contributed by atoms with van der Waals surface area (Å²) in [6.45, 7) is 6.06. The molecule has 1 aromatic heterocycles. The van der Waals surface area contributed by atoms with Crippen LogP contribution in [0.5, 0.6) is 0 Å². The minimum atomic E-state index is 0.204. The topological polar surface area (TPSA) is 33.2 Å². The van der Waals surface area contributed by atoms with Gasteiger partial charge in [0, 0.05) is 25.0 Å². The molecule has 0 bridgehead atoms. The number of unbranched alkanes of at least 4 members (excludes halogenated alkanes) is 2. The largest absolute Gasteiger partial charge is 0.342 e. The molecule has 0 saturated carbocycles. The van der Waals surface area contributed by atoms with Gasteiger partial charge in [-0.15, -0.1) is 0 Å². The number of rotatable bonds is 8. The molecule has 1 amide bonds. The molecule has 3 nitrogen and oxygen atoms in total. The fourth-order valence-electron chi connectivity index (χ4n) is 1.83. The Labute approximate surface area is 110 Å². The average molecular weight is 248 g/mol. The zero-order valence-electron chi connectivity index (χ0n) is 11.6. The van der Waals surface area contributed by atoms with Crippen LogP contribution >= 0.6 is 0 Å². The molecule has 0 aliphatic rings. The van der Waals surface area contributed by atoms with Crippen molar-refractivity contribution in [2.75, 3.05) is 13.1 Å². The Morgan fingerprint density at radius 3 is 2.33 bits per heavy atom. The smallest absolute Gasteiger partial charge is 0.228 e. The van der Waals surface area contributed by atoms with E-state index in [9.17, 15) is 4.79 Å². The highest BCUT2D eigenvalue weighted by molar-refractivity contribution is 5.78. The van der Waals surface area contributed by atoms with Crippen molar-refractivity contribution in [1.82, 2.24) is 9.88 Å². The summed E-state index contributed by atoms with van der Waals surface area (Å²) in [4.78, 5) is 18.4. The Kier molecular flexibility index (Phi) is 7.07. The number of carbonyl (C=O) groups excluding carboxylic acids is 1. The maximum Gasteiger partial charge on any atom is 0.228 e. The molecule has 0 spiro atoms. The van der Waals surface area contributed by atoms with Crippen molar-refractivity contribution in [3.63, 3.8) is 0 Å². The van der Waals surface area contributed by atoms with Crippen LogP contribution in [0.4, 0.5) is 0 Å². The van der Waals surface area contributed by atoms with E-state index in [0.29, 0.717) is 6.42 Å². The standard InChI is InChI=1S/C15H24N2O/c1-3-5-11-17(12-6-4-2)15(18)13-14-9-7-8-10-16-14/h7-10H,3-6,11-13H2,1-2H3. The van der Waals surface area contributed by atoms with Gasteiger partial charge in [0.25, 0.3) is 0 Å². The van der Waals surface area contributed by atoms with E-state index in [1.54, 1.807) is 6.20 Å². The van der Waals surface area contributed by atoms with E-state index in [0.717, 1.165) is 44.5 Å². The normalized spacial score (nSPS) is 10.3. The van der Waals surface area contributed by atoms with Crippen molar-refractivity contribution in [2.45, 2.75) is 46.0 Å². The quantitative estimate of drug-likeness (QED) is 0.708. The van der Waals surface area contributed by atoms with Crippen molar-refractivity contribution in [1.29, 1.82) is 0 Å². The predicted octanol–water partition coefficient (Wildman–Crippen LogP) is 3.05. The van der Waals surface area contributed by atoms with E-state index in [1.807, 2.05) is 23.1 Å². The van der Waals surface area contributed by atoms with Crippen LogP contribution in [-0.4, -0.2) is 28.9 Å². The second-order valence-corrected chi connectivity index (χ2v) is 4.59. The first-order valence-corrected chi connectivity index (χ1v) is 6.95. The van der Waals surface area contributed by atoms with Gasteiger partial charge < -0.3 is 4.90 Å². The third-order valence-electron chi connectivity index (χ3n) is 2.97. The molecule has 0 aliphatic heterocycles. The summed E-state index contributed by atoms with van der Waals surface area (Å²) >= 11 is 0. The molecule has 0 N–H and O–H groups in total. The maximum absolute atomic E-state index is 12.2. The lowest BCUT2D eigenvalue weighted by Gasteiger charge is -2.22. The SMILES string of the molecule is CCCCN(CCCC)C(=O)Cc1ccccn1. The van der Waals surface area contributed by atoms with Crippen LogP contribution in [0.25, 0.3) is 0 Å². The number of amides is 1. The molecule has 1 heterocycles. The lowest BCUT2D eigenvalue weighted by Crippen LogP contribution is -2.34. The van der Waals surface area contributed by atoms with Crippen LogP contribution in [0.1, 0.15) is 45.2 Å². The average Bonchev–Trinajstić information content (AvgIpc) is 2.40. The molecular weight excluding hydrogens is 224 g/mol. The van der Waals surface area contributed by atoms with E-state index >= 15 is 0 Å². The molecule has 18 heavy (non-hydrogen) atoms. The lowest BCUT2D eigenvalue weighted by molar-refractivity contribution is -0.130. The molecule has 0 atom stereocenters. The summed E-state index contributed by atoms with van der Waals surface area (Å²) in [5, 5.41) is 0. The number of hydrogen-bond acceptors (Lipinski definition) is 2. The van der Waals surface area contributed by atoms with Gasteiger partial charge in [-0.3, -0.25) is 9.78 Å². The van der Waals surface area contributed by atoms with Crippen molar-refractivity contribution in [2.24, 2.45) is 0 Å². The van der Waals surface area contributed by atoms with Crippen molar-refractivity contribution < 1.29 is 4.79 Å². The second kappa shape index (κ2) is 8.67. The van der Waals surface area contributed by atoms with Gasteiger partial charge in [-0.1, -0.05) is 32.8 Å². The molecule has 0 radical (unpaired) electrons. The number of hydrogen-bond donors (Lipinski definition) is 0. The van der Waals surface area contributed by atoms with Gasteiger partial charge in [0.1, 0.15) is 0 Å². The fraction of sp³-hybridized carbons (Fsp3) is 0.600. The van der Waals surface area contributed by atoms with Crippen LogP contribution in [0.2, 0.25) is 0 Å². The van der Waals surface area contributed by atoms with E-state index in [-0.39, 0.29) is 5.91 Å². The first-order valence-electron chi connectivity index (χ1n) is 6.95. The van der Waals surface area contributed by atoms with E-state index in [2.05, 4.69) is 18.8 Å². The van der Waals surface area contributed by atoms with Gasteiger partial charge in [0.2, 0.25) is 5.91 Å². The van der Waals surface area contributed by atoms with E-state index < -0.39 is 0 Å². The van der Waals surface area contributed by atoms with E-state index in [1.165, 1.54) is 0 Å². The number of pyridine rings is 1. The fourth-order valence-corrected chi connectivity index (χ4v) is 1.83. The highest BCUT2D eigenvalue weighted by Crippen LogP contribution is 2.04. The van der Waals surface area contributed by atoms with Crippen molar-refractivity contribution in [3.05, 3.63) is 30.1 Å². The molecule has 1 rings (SSSR count). The molecule has 0 aromatic carbocycles. The molecule has 3 heteroatoms. The van der Waals surface area contributed by atoms with Crippen LogP contribution < -0.4 is 0 Å². The van der Waals surface area contributed by atoms with Crippen LogP contribution in [-0.2, 0) is 11.2 Å². The van der Waals surface area contributed by atoms with Gasteiger partial charge in [-0.05, 0) is 25.0 Å². The lowest BCUT2D eigenvalue weighted by atomic mass is 10.2. The third kappa shape index (κ3) is 5.30. The van der Waals surface area contributed by atoms with Gasteiger partial charge in [0.05, 0.1) is 6.42 Å². The summed E-state index contributed by atoms with van der Waals surface area (Å²) in [5.74, 6) is 0.204. The summed E-state index contributed by atoms with van der Waals surface area (Å²) in [6.07, 6.45) is 6.58. The molecule has 0 fully saturated rings. The van der Waals surface area contributed by atoms with Crippen LogP contribution in [0, 0.1) is 0 Å². The predicted molar refractivity (Wildman–Crippen MR) is 74.3 cm³/mol. The molecule has 0 unspecified atom stereocenters. The highest BCUT2D eigenvalue weighted by atomic mass is 16.2. The van der Waals surface area contributed by atoms with Crippen molar-refractivity contribution in [3.8, 4) is 0 Å². The van der Waals surface area contributed by atoms with Gasteiger partial charge in [-0.2, -0.15) is 0 Å². The third-order valence-corrected chi connectivity index (χ3v) is 2.97. The van der Waals surface area contributed by atoms with Crippen LogP contribution in [0.3, 0.4) is 0 Å². The Hall–Kier alpha value is -1.38. The minimum Gasteiger partial charge on any atom is -0.342 e. The van der Waals surface area contributed by atoms with Gasteiger partial charge in [0.15, 0.2) is 0 Å². The molecule has 0 saturated heterocycles. The zero-order valence-corrected chi connectivity index (χ0v) is 11.6. The summed E-state index contributed by atoms with van der Waals surface area (Å²) in [5.41, 5.74) is 0.862. The van der Waals surface area contributed by atoms with Crippen molar-refractivity contribution >= 4 is 5.91 Å². The molecule has 100 valence electrons. The van der Waals surface area contributed by atoms with Gasteiger partial charge in [-0.25, -0.2) is 0 Å². The Morgan fingerprint density at radius 2 is 1.83 bits per heavy atom. The first-order chi connectivity index (χ1) is 8.77. The maximum atomic E-state index is 12.2. The molecule has 1 aromatic rings. The van der Waals surface area contributed by atoms with Crippen LogP contribution in [0.15, 0.2) is 24.4 Å².